The van der Waals surface area contributed by atoms with Gasteiger partial charge in [0.25, 0.3) is 0 Å². The molecule has 1 unspecified atom stereocenters. The largest absolute Gasteiger partial charge is 0.389 e. The molecular weight excluding hydrogens is 228 g/mol. The molecule has 2 rings (SSSR count). The fourth-order valence-corrected chi connectivity index (χ4v) is 2.07. The Hall–Kier alpha value is -1.55. The number of fused-ring (bicyclic) bond motifs is 1. The Labute approximate surface area is 107 Å². The number of amides is 1. The topological polar surface area (TPSA) is 61.4 Å². The highest BCUT2D eigenvalue weighted by Gasteiger charge is 2.25. The molecule has 1 heterocycles. The van der Waals surface area contributed by atoms with Crippen LogP contribution in [0, 0.1) is 5.92 Å². The molecule has 0 radical (unpaired) electrons. The lowest BCUT2D eigenvalue weighted by atomic mass is 9.93. The maximum atomic E-state index is 12.0. The van der Waals surface area contributed by atoms with Crippen LogP contribution in [0.2, 0.25) is 0 Å². The smallest absolute Gasteiger partial charge is 0.225 e. The van der Waals surface area contributed by atoms with Gasteiger partial charge >= 0.3 is 0 Å². The Kier molecular flexibility index (Phi) is 3.57. The minimum atomic E-state index is -0.865. The van der Waals surface area contributed by atoms with E-state index in [0.29, 0.717) is 6.54 Å². The monoisotopic (exact) mass is 248 g/mol. The van der Waals surface area contributed by atoms with Gasteiger partial charge in [0, 0.05) is 18.8 Å². The third-order valence-corrected chi connectivity index (χ3v) is 3.09. The molecule has 1 aliphatic heterocycles. The van der Waals surface area contributed by atoms with Crippen LogP contribution in [-0.2, 0) is 11.2 Å². The minimum absolute atomic E-state index is 0.000807. The zero-order valence-electron chi connectivity index (χ0n) is 10.9. The van der Waals surface area contributed by atoms with Crippen molar-refractivity contribution in [3.63, 3.8) is 0 Å². The molecule has 98 valence electrons. The van der Waals surface area contributed by atoms with E-state index in [9.17, 15) is 9.90 Å². The molecule has 1 amide bonds. The first-order valence-electron chi connectivity index (χ1n) is 6.27. The maximum absolute atomic E-state index is 12.0. The average Bonchev–Trinajstić information content (AvgIpc) is 2.34. The van der Waals surface area contributed by atoms with E-state index >= 15 is 0 Å². The van der Waals surface area contributed by atoms with Crippen molar-refractivity contribution in [2.24, 2.45) is 5.92 Å². The number of benzene rings is 1. The molecule has 0 saturated heterocycles. The summed E-state index contributed by atoms with van der Waals surface area (Å²) < 4.78 is 0. The van der Waals surface area contributed by atoms with E-state index in [2.05, 4.69) is 10.6 Å². The Morgan fingerprint density at radius 2 is 2.22 bits per heavy atom. The molecule has 0 aromatic heterocycles. The number of anilines is 1. The van der Waals surface area contributed by atoms with E-state index in [1.54, 1.807) is 13.8 Å². The summed E-state index contributed by atoms with van der Waals surface area (Å²) in [6, 6.07) is 8.04. The second kappa shape index (κ2) is 4.98. The van der Waals surface area contributed by atoms with Crippen molar-refractivity contribution >= 4 is 11.6 Å². The van der Waals surface area contributed by atoms with Gasteiger partial charge in [-0.15, -0.1) is 0 Å². The van der Waals surface area contributed by atoms with Crippen LogP contribution in [0.3, 0.4) is 0 Å². The van der Waals surface area contributed by atoms with Crippen LogP contribution in [0.15, 0.2) is 24.3 Å². The van der Waals surface area contributed by atoms with Crippen LogP contribution < -0.4 is 10.6 Å². The first-order chi connectivity index (χ1) is 8.46. The van der Waals surface area contributed by atoms with Crippen molar-refractivity contribution in [3.05, 3.63) is 29.8 Å². The number of para-hydroxylation sites is 1. The van der Waals surface area contributed by atoms with Crippen LogP contribution in [0.1, 0.15) is 19.4 Å². The van der Waals surface area contributed by atoms with Gasteiger partial charge in [0.05, 0.1) is 11.5 Å². The van der Waals surface area contributed by atoms with E-state index in [0.717, 1.165) is 12.1 Å². The van der Waals surface area contributed by atoms with Crippen molar-refractivity contribution in [1.82, 2.24) is 5.32 Å². The van der Waals surface area contributed by atoms with E-state index in [4.69, 9.17) is 0 Å². The number of aliphatic hydroxyl groups is 1. The van der Waals surface area contributed by atoms with Crippen LogP contribution in [0.5, 0.6) is 0 Å². The number of carbonyl (C=O) groups excluding carboxylic acids is 1. The summed E-state index contributed by atoms with van der Waals surface area (Å²) in [6.45, 7) is 4.29. The van der Waals surface area contributed by atoms with E-state index in [1.165, 1.54) is 5.56 Å². The highest BCUT2D eigenvalue weighted by atomic mass is 16.3. The maximum Gasteiger partial charge on any atom is 0.225 e. The fourth-order valence-electron chi connectivity index (χ4n) is 2.07. The summed E-state index contributed by atoms with van der Waals surface area (Å²) in [4.78, 5) is 12.0. The Bertz CT molecular complexity index is 438. The Morgan fingerprint density at radius 3 is 2.94 bits per heavy atom. The summed E-state index contributed by atoms with van der Waals surface area (Å²) in [7, 11) is 0. The Morgan fingerprint density at radius 1 is 1.50 bits per heavy atom. The van der Waals surface area contributed by atoms with Crippen molar-refractivity contribution in [3.8, 4) is 0 Å². The van der Waals surface area contributed by atoms with Gasteiger partial charge in [-0.05, 0) is 31.9 Å². The number of carbonyl (C=O) groups is 1. The van der Waals surface area contributed by atoms with Gasteiger partial charge in [0.15, 0.2) is 0 Å². The molecule has 1 aromatic rings. The van der Waals surface area contributed by atoms with Crippen LogP contribution in [0.4, 0.5) is 5.69 Å². The van der Waals surface area contributed by atoms with Crippen molar-refractivity contribution in [1.29, 1.82) is 0 Å². The number of hydrogen-bond donors (Lipinski definition) is 3. The minimum Gasteiger partial charge on any atom is -0.389 e. The van der Waals surface area contributed by atoms with Gasteiger partial charge in [-0.3, -0.25) is 4.79 Å². The fraction of sp³-hybridized carbons (Fsp3) is 0.500. The lowest BCUT2D eigenvalue weighted by Gasteiger charge is -2.26. The van der Waals surface area contributed by atoms with Gasteiger partial charge in [0.2, 0.25) is 5.91 Å². The third-order valence-electron chi connectivity index (χ3n) is 3.09. The summed E-state index contributed by atoms with van der Waals surface area (Å²) >= 11 is 0. The standard InChI is InChI=1S/C14H20N2O2/c1-14(2,18)9-16-13(17)11-7-10-5-3-4-6-12(10)15-8-11/h3-6,11,15,18H,7-9H2,1-2H3,(H,16,17). The predicted octanol–water partition coefficient (Wildman–Crippen LogP) is 1.16. The Balaban J connectivity index is 1.95. The van der Waals surface area contributed by atoms with Crippen LogP contribution in [0.25, 0.3) is 0 Å². The zero-order chi connectivity index (χ0) is 13.2. The average molecular weight is 248 g/mol. The first-order valence-corrected chi connectivity index (χ1v) is 6.27. The third kappa shape index (κ3) is 3.23. The molecule has 3 N–H and O–H groups in total. The zero-order valence-corrected chi connectivity index (χ0v) is 10.9. The molecule has 1 aliphatic rings. The highest BCUT2D eigenvalue weighted by Crippen LogP contribution is 2.24. The molecule has 0 fully saturated rings. The van der Waals surface area contributed by atoms with Gasteiger partial charge in [-0.1, -0.05) is 18.2 Å². The van der Waals surface area contributed by atoms with E-state index in [-0.39, 0.29) is 18.4 Å². The normalized spacial score (nSPS) is 18.7. The highest BCUT2D eigenvalue weighted by molar-refractivity contribution is 5.80. The van der Waals surface area contributed by atoms with Crippen molar-refractivity contribution in [2.75, 3.05) is 18.4 Å². The van der Waals surface area contributed by atoms with Crippen LogP contribution in [-0.4, -0.2) is 29.7 Å². The summed E-state index contributed by atoms with van der Waals surface area (Å²) in [6.07, 6.45) is 0.751. The van der Waals surface area contributed by atoms with Gasteiger partial charge in [-0.2, -0.15) is 0 Å². The van der Waals surface area contributed by atoms with Gasteiger partial charge < -0.3 is 15.7 Å². The second-order valence-electron chi connectivity index (χ2n) is 5.47. The molecule has 0 saturated carbocycles. The number of hydrogen-bond acceptors (Lipinski definition) is 3. The van der Waals surface area contributed by atoms with Gasteiger partial charge in [0.1, 0.15) is 0 Å². The summed E-state index contributed by atoms with van der Waals surface area (Å²) in [5, 5.41) is 15.7. The molecule has 0 spiro atoms. The predicted molar refractivity (Wildman–Crippen MR) is 71.4 cm³/mol. The number of nitrogens with one attached hydrogen (secondary N) is 2. The SMILES string of the molecule is CC(C)(O)CNC(=O)C1CNc2ccccc2C1. The first kappa shape index (κ1) is 12.9. The molecule has 18 heavy (non-hydrogen) atoms. The molecule has 1 aromatic carbocycles. The van der Waals surface area contributed by atoms with Crippen LogP contribution >= 0.6 is 0 Å². The molecule has 4 heteroatoms. The number of rotatable bonds is 3. The van der Waals surface area contributed by atoms with Crippen molar-refractivity contribution < 1.29 is 9.90 Å². The molecule has 4 nitrogen and oxygen atoms in total. The molecule has 0 aliphatic carbocycles. The molecule has 0 bridgehead atoms. The lowest BCUT2D eigenvalue weighted by molar-refractivity contribution is -0.125. The second-order valence-corrected chi connectivity index (χ2v) is 5.47. The summed E-state index contributed by atoms with van der Waals surface area (Å²) in [5.41, 5.74) is 1.42. The van der Waals surface area contributed by atoms with E-state index in [1.807, 2.05) is 24.3 Å². The summed E-state index contributed by atoms with van der Waals surface area (Å²) in [5.74, 6) is -0.0682. The van der Waals surface area contributed by atoms with E-state index < -0.39 is 5.60 Å². The molecule has 1 atom stereocenters. The van der Waals surface area contributed by atoms with Crippen molar-refractivity contribution in [2.45, 2.75) is 25.9 Å². The lowest BCUT2D eigenvalue weighted by Crippen LogP contribution is -2.44. The van der Waals surface area contributed by atoms with Gasteiger partial charge in [-0.25, -0.2) is 0 Å². The molecular formula is C14H20N2O2. The quantitative estimate of drug-likeness (QED) is 0.752.